The van der Waals surface area contributed by atoms with Gasteiger partial charge in [0.25, 0.3) is 0 Å². The molecule has 2 aromatic rings. The van der Waals surface area contributed by atoms with Crippen LogP contribution in [-0.4, -0.2) is 75.4 Å². The fourth-order valence-electron chi connectivity index (χ4n) is 3.85. The lowest BCUT2D eigenvalue weighted by Crippen LogP contribution is -2.51. The molecule has 0 bridgehead atoms. The van der Waals surface area contributed by atoms with E-state index in [1.165, 1.54) is 10.5 Å². The molecular formula is C31H48N4O4. The number of para-hydroxylation sites is 1. The van der Waals surface area contributed by atoms with Crippen molar-refractivity contribution < 1.29 is 19.1 Å². The van der Waals surface area contributed by atoms with Crippen LogP contribution in [0.4, 0.5) is 0 Å². The highest BCUT2D eigenvalue weighted by atomic mass is 16.5. The summed E-state index contributed by atoms with van der Waals surface area (Å²) in [5, 5.41) is 9.05. The van der Waals surface area contributed by atoms with Gasteiger partial charge < -0.3 is 30.4 Å². The van der Waals surface area contributed by atoms with Crippen molar-refractivity contribution in [3.63, 3.8) is 0 Å². The zero-order chi connectivity index (χ0) is 29.0. The van der Waals surface area contributed by atoms with Crippen LogP contribution in [-0.2, 0) is 20.8 Å². The van der Waals surface area contributed by atoms with Gasteiger partial charge in [-0.3, -0.25) is 9.59 Å². The monoisotopic (exact) mass is 540 g/mol. The van der Waals surface area contributed by atoms with Gasteiger partial charge in [0, 0.05) is 20.1 Å². The van der Waals surface area contributed by atoms with Crippen LogP contribution in [0.5, 0.6) is 5.75 Å². The number of ether oxygens (including phenoxy) is 1. The number of carbonyl (C=O) groups excluding carboxylic acids is 3. The molecule has 2 unspecified atom stereocenters. The van der Waals surface area contributed by atoms with Crippen molar-refractivity contribution in [2.75, 3.05) is 40.3 Å². The summed E-state index contributed by atoms with van der Waals surface area (Å²) >= 11 is 0. The van der Waals surface area contributed by atoms with E-state index in [2.05, 4.69) is 35.0 Å². The van der Waals surface area contributed by atoms with Gasteiger partial charge in [-0.1, -0.05) is 74.4 Å². The molecule has 0 radical (unpaired) electrons. The van der Waals surface area contributed by atoms with E-state index in [4.69, 9.17) is 4.74 Å². The van der Waals surface area contributed by atoms with Crippen molar-refractivity contribution in [2.24, 2.45) is 5.92 Å². The molecule has 0 saturated heterocycles. The van der Waals surface area contributed by atoms with Gasteiger partial charge in [-0.25, -0.2) is 0 Å². The largest absolute Gasteiger partial charge is 0.489 e. The second-order valence-corrected chi connectivity index (χ2v) is 9.83. The summed E-state index contributed by atoms with van der Waals surface area (Å²) in [6.07, 6.45) is 3.04. The Hall–Kier alpha value is -3.23. The molecule has 3 N–H and O–H groups in total. The zero-order valence-corrected chi connectivity index (χ0v) is 24.5. The molecule has 39 heavy (non-hydrogen) atoms. The summed E-state index contributed by atoms with van der Waals surface area (Å²) < 4.78 is 6.17. The molecule has 216 valence electrons. The number of rotatable bonds is 16. The first-order valence-corrected chi connectivity index (χ1v) is 13.8. The Labute approximate surface area is 234 Å². The predicted octanol–water partition coefficient (Wildman–Crippen LogP) is 3.38. The smallest absolute Gasteiger partial charge is 0.240 e. The van der Waals surface area contributed by atoms with Crippen LogP contribution in [0.1, 0.15) is 44.7 Å². The molecular weight excluding hydrogens is 492 g/mol. The number of amides is 2. The molecule has 0 aliphatic carbocycles. The summed E-state index contributed by atoms with van der Waals surface area (Å²) in [5.41, 5.74) is 2.41. The van der Waals surface area contributed by atoms with Crippen LogP contribution < -0.4 is 20.7 Å². The minimum atomic E-state index is -0.368. The zero-order valence-electron chi connectivity index (χ0n) is 24.5. The maximum Gasteiger partial charge on any atom is 0.240 e. The Morgan fingerprint density at radius 1 is 1.05 bits per heavy atom. The quantitative estimate of drug-likeness (QED) is 0.223. The molecule has 0 saturated carbocycles. The predicted molar refractivity (Wildman–Crippen MR) is 158 cm³/mol. The molecule has 0 aliphatic rings. The van der Waals surface area contributed by atoms with Gasteiger partial charge in [0.15, 0.2) is 0 Å². The molecule has 2 rings (SSSR count). The summed E-state index contributed by atoms with van der Waals surface area (Å²) in [7, 11) is 3.39. The van der Waals surface area contributed by atoms with Crippen molar-refractivity contribution in [1.29, 1.82) is 0 Å². The van der Waals surface area contributed by atoms with Crippen LogP contribution >= 0.6 is 0 Å². The average Bonchev–Trinajstić information content (AvgIpc) is 2.92. The normalized spacial score (nSPS) is 12.8. The van der Waals surface area contributed by atoms with E-state index in [1.54, 1.807) is 14.1 Å². The third-order valence-electron chi connectivity index (χ3n) is 6.35. The third-order valence-corrected chi connectivity index (χ3v) is 6.35. The van der Waals surface area contributed by atoms with E-state index < -0.39 is 0 Å². The Morgan fingerprint density at radius 2 is 1.72 bits per heavy atom. The lowest BCUT2D eigenvalue weighted by atomic mass is 9.97. The maximum absolute atomic E-state index is 12.7. The number of benzene rings is 2. The summed E-state index contributed by atoms with van der Waals surface area (Å²) in [6, 6.07) is 17.8. The number of nitrogens with zero attached hydrogens (tertiary/aromatic N) is 1. The van der Waals surface area contributed by atoms with E-state index in [0.29, 0.717) is 19.6 Å². The van der Waals surface area contributed by atoms with Crippen LogP contribution in [0, 0.1) is 12.8 Å². The number of likely N-dealkylation sites (N-methyl/N-ethyl adjacent to an activating group) is 2. The molecule has 0 spiro atoms. The highest BCUT2D eigenvalue weighted by Crippen LogP contribution is 2.21. The lowest BCUT2D eigenvalue weighted by molar-refractivity contribution is -0.135. The number of hydrogen-bond acceptors (Lipinski definition) is 6. The van der Waals surface area contributed by atoms with E-state index >= 15 is 0 Å². The van der Waals surface area contributed by atoms with Crippen LogP contribution in [0.2, 0.25) is 0 Å². The molecule has 0 aromatic heterocycles. The Kier molecular flexibility index (Phi) is 17.1. The first-order valence-electron chi connectivity index (χ1n) is 13.8. The number of nitrogens with one attached hydrogen (secondary N) is 3. The topological polar surface area (TPSA) is 99.8 Å². The van der Waals surface area contributed by atoms with Gasteiger partial charge >= 0.3 is 0 Å². The van der Waals surface area contributed by atoms with E-state index in [-0.39, 0.29) is 36.4 Å². The van der Waals surface area contributed by atoms with Gasteiger partial charge in [0.2, 0.25) is 11.8 Å². The Balaban J connectivity index is 0.000000934. The van der Waals surface area contributed by atoms with Crippen molar-refractivity contribution in [3.05, 3.63) is 65.7 Å². The second-order valence-electron chi connectivity index (χ2n) is 9.83. The Morgan fingerprint density at radius 3 is 2.31 bits per heavy atom. The first kappa shape index (κ1) is 33.8. The lowest BCUT2D eigenvalue weighted by Gasteiger charge is -2.29. The number of aryl methyl sites for hydroxylation is 2. The third kappa shape index (κ3) is 13.9. The SMILES string of the molecule is CCC(C)C(NC[C@@H](C)Oc1ccccc1CCCNC(=O)CNC)C(=O)N(C)CC=O.Cc1ccccc1. The standard InChI is InChI=1S/C24H40N4O4.C7H8/c1-6-18(2)23(24(31)28(5)14-15-29)27-16-19(3)32-21-12-8-7-10-20(21)11-9-13-26-22(30)17-25-4;1-7-5-3-2-4-6-7/h7-8,10,12,15,18-19,23,25,27H,6,9,11,13-14,16-17H2,1-5H3,(H,26,30);2-6H,1H3/t18?,19-,23?;/m1./s1. The van der Waals surface area contributed by atoms with Gasteiger partial charge in [0.1, 0.15) is 18.1 Å². The highest BCUT2D eigenvalue weighted by Gasteiger charge is 2.27. The first-order chi connectivity index (χ1) is 18.7. The molecule has 3 atom stereocenters. The molecule has 0 fully saturated rings. The summed E-state index contributed by atoms with van der Waals surface area (Å²) in [6.45, 7) is 9.64. The van der Waals surface area contributed by atoms with Crippen molar-refractivity contribution >= 4 is 18.1 Å². The minimum absolute atomic E-state index is 0.0130. The van der Waals surface area contributed by atoms with Crippen LogP contribution in [0.25, 0.3) is 0 Å². The fourth-order valence-corrected chi connectivity index (χ4v) is 3.85. The van der Waals surface area contributed by atoms with Crippen molar-refractivity contribution in [1.82, 2.24) is 20.9 Å². The van der Waals surface area contributed by atoms with Crippen molar-refractivity contribution in [3.8, 4) is 5.75 Å². The second kappa shape index (κ2) is 19.8. The van der Waals surface area contributed by atoms with E-state index in [0.717, 1.165) is 36.9 Å². The Bertz CT molecular complexity index is 970. The van der Waals surface area contributed by atoms with Gasteiger partial charge in [-0.15, -0.1) is 0 Å². The van der Waals surface area contributed by atoms with E-state index in [9.17, 15) is 14.4 Å². The van der Waals surface area contributed by atoms with Gasteiger partial charge in [-0.05, 0) is 51.3 Å². The maximum atomic E-state index is 12.7. The van der Waals surface area contributed by atoms with Crippen LogP contribution in [0.3, 0.4) is 0 Å². The molecule has 0 heterocycles. The van der Waals surface area contributed by atoms with Crippen LogP contribution in [0.15, 0.2) is 54.6 Å². The molecule has 8 heteroatoms. The number of hydrogen-bond donors (Lipinski definition) is 3. The molecule has 2 amide bonds. The number of aldehydes is 1. The molecule has 2 aromatic carbocycles. The highest BCUT2D eigenvalue weighted by molar-refractivity contribution is 5.83. The fraction of sp³-hybridized carbons (Fsp3) is 0.516. The summed E-state index contributed by atoms with van der Waals surface area (Å²) in [4.78, 5) is 36.5. The summed E-state index contributed by atoms with van der Waals surface area (Å²) in [5.74, 6) is 0.849. The molecule has 0 aliphatic heterocycles. The number of carbonyl (C=O) groups is 3. The van der Waals surface area contributed by atoms with Gasteiger partial charge in [0.05, 0.1) is 19.1 Å². The molecule has 8 nitrogen and oxygen atoms in total. The average molecular weight is 541 g/mol. The van der Waals surface area contributed by atoms with E-state index in [1.807, 2.05) is 63.2 Å². The minimum Gasteiger partial charge on any atom is -0.489 e. The van der Waals surface area contributed by atoms with Crippen molar-refractivity contribution in [2.45, 2.75) is 59.1 Å². The van der Waals surface area contributed by atoms with Gasteiger partial charge in [-0.2, -0.15) is 0 Å².